The fraction of sp³-hybridized carbons (Fsp3) is 0.133. The first-order chi connectivity index (χ1) is 9.38. The van der Waals surface area contributed by atoms with Crippen molar-refractivity contribution in [3.63, 3.8) is 0 Å². The highest BCUT2D eigenvalue weighted by Crippen LogP contribution is 2.36. The number of hydrogen-bond acceptors (Lipinski definition) is 1. The summed E-state index contributed by atoms with van der Waals surface area (Å²) in [6.45, 7) is 1.54. The first kappa shape index (κ1) is 14.2. The van der Waals surface area contributed by atoms with Crippen LogP contribution in [0.2, 0.25) is 0 Å². The van der Waals surface area contributed by atoms with Crippen molar-refractivity contribution < 1.29 is 17.6 Å². The van der Waals surface area contributed by atoms with E-state index in [9.17, 15) is 17.6 Å². The van der Waals surface area contributed by atoms with Gasteiger partial charge in [-0.15, -0.1) is 0 Å². The number of benzene rings is 2. The maximum atomic E-state index is 13.1. The van der Waals surface area contributed by atoms with Crippen LogP contribution in [-0.4, -0.2) is 5.71 Å². The molecule has 0 aromatic heterocycles. The lowest BCUT2D eigenvalue weighted by atomic mass is 10.1. The first-order valence-corrected chi connectivity index (χ1v) is 5.85. The highest BCUT2D eigenvalue weighted by atomic mass is 19.4. The molecule has 0 saturated heterocycles. The van der Waals surface area contributed by atoms with E-state index >= 15 is 0 Å². The van der Waals surface area contributed by atoms with Crippen LogP contribution >= 0.6 is 0 Å². The van der Waals surface area contributed by atoms with Crippen LogP contribution in [0.4, 0.5) is 23.2 Å². The predicted molar refractivity (Wildman–Crippen MR) is 69.7 cm³/mol. The van der Waals surface area contributed by atoms with Gasteiger partial charge in [0.15, 0.2) is 0 Å². The summed E-state index contributed by atoms with van der Waals surface area (Å²) in [7, 11) is 0. The average molecular weight is 281 g/mol. The van der Waals surface area contributed by atoms with Crippen LogP contribution in [0.15, 0.2) is 53.5 Å². The first-order valence-electron chi connectivity index (χ1n) is 5.85. The molecule has 2 aromatic carbocycles. The predicted octanol–water partition coefficient (Wildman–Crippen LogP) is 4.99. The molecule has 0 spiro atoms. The number of nitrogens with zero attached hydrogens (tertiary/aromatic N) is 1. The van der Waals surface area contributed by atoms with E-state index in [1.165, 1.54) is 36.4 Å². The van der Waals surface area contributed by atoms with E-state index in [2.05, 4.69) is 4.99 Å². The van der Waals surface area contributed by atoms with Gasteiger partial charge in [0.05, 0.1) is 11.3 Å². The third-order valence-electron chi connectivity index (χ3n) is 2.74. The summed E-state index contributed by atoms with van der Waals surface area (Å²) in [4.78, 5) is 3.97. The Hall–Kier alpha value is -2.17. The highest BCUT2D eigenvalue weighted by molar-refractivity contribution is 6.00. The standard InChI is InChI=1S/C15H11F4N/c1-10(11-5-4-6-12(16)9-11)20-14-8-3-2-7-13(14)15(17,18)19/h2-9H,1H3. The van der Waals surface area contributed by atoms with Crippen molar-refractivity contribution >= 4 is 11.4 Å². The molecule has 0 aliphatic heterocycles. The van der Waals surface area contributed by atoms with Gasteiger partial charge in [-0.25, -0.2) is 4.39 Å². The lowest BCUT2D eigenvalue weighted by Crippen LogP contribution is -2.05. The van der Waals surface area contributed by atoms with Crippen LogP contribution in [0, 0.1) is 5.82 Å². The van der Waals surface area contributed by atoms with Gasteiger partial charge in [-0.1, -0.05) is 24.3 Å². The maximum Gasteiger partial charge on any atom is 0.418 e. The highest BCUT2D eigenvalue weighted by Gasteiger charge is 2.33. The van der Waals surface area contributed by atoms with Crippen molar-refractivity contribution in [1.82, 2.24) is 0 Å². The largest absolute Gasteiger partial charge is 0.418 e. The summed E-state index contributed by atoms with van der Waals surface area (Å²) in [6, 6.07) is 10.6. The average Bonchev–Trinajstić information content (AvgIpc) is 2.38. The van der Waals surface area contributed by atoms with E-state index in [0.717, 1.165) is 6.07 Å². The molecule has 0 saturated carbocycles. The van der Waals surface area contributed by atoms with Gasteiger partial charge in [-0.2, -0.15) is 13.2 Å². The molecule has 0 unspecified atom stereocenters. The van der Waals surface area contributed by atoms with Crippen LogP contribution in [0.25, 0.3) is 0 Å². The van der Waals surface area contributed by atoms with Crippen LogP contribution < -0.4 is 0 Å². The summed E-state index contributed by atoms with van der Waals surface area (Å²) < 4.78 is 51.6. The molecule has 0 bridgehead atoms. The molecule has 0 radical (unpaired) electrons. The van der Waals surface area contributed by atoms with Crippen LogP contribution in [0.5, 0.6) is 0 Å². The molecule has 0 atom stereocenters. The Labute approximate surface area is 113 Å². The molecular formula is C15H11F4N. The molecular weight excluding hydrogens is 270 g/mol. The van der Waals surface area contributed by atoms with E-state index < -0.39 is 17.6 Å². The monoisotopic (exact) mass is 281 g/mol. The topological polar surface area (TPSA) is 12.4 Å². The minimum atomic E-state index is -4.47. The van der Waals surface area contributed by atoms with Gasteiger partial charge in [0, 0.05) is 5.71 Å². The van der Waals surface area contributed by atoms with E-state index in [4.69, 9.17) is 0 Å². The van der Waals surface area contributed by atoms with E-state index in [0.29, 0.717) is 11.3 Å². The number of halogens is 4. The van der Waals surface area contributed by atoms with E-state index in [-0.39, 0.29) is 5.69 Å². The Morgan fingerprint density at radius 2 is 1.70 bits per heavy atom. The second-order valence-corrected chi connectivity index (χ2v) is 4.22. The Morgan fingerprint density at radius 1 is 1.00 bits per heavy atom. The number of hydrogen-bond donors (Lipinski definition) is 0. The van der Waals surface area contributed by atoms with Gasteiger partial charge >= 0.3 is 6.18 Å². The van der Waals surface area contributed by atoms with Crippen LogP contribution in [0.3, 0.4) is 0 Å². The summed E-state index contributed by atoms with van der Waals surface area (Å²) >= 11 is 0. The molecule has 2 rings (SSSR count). The molecule has 2 aromatic rings. The Kier molecular flexibility index (Phi) is 3.88. The summed E-state index contributed by atoms with van der Waals surface area (Å²) in [5, 5.41) is 0. The molecule has 0 aliphatic rings. The number of rotatable bonds is 2. The Bertz CT molecular complexity index is 644. The van der Waals surface area contributed by atoms with Crippen molar-refractivity contribution in [2.75, 3.05) is 0 Å². The number of alkyl halides is 3. The van der Waals surface area contributed by atoms with Gasteiger partial charge in [0.25, 0.3) is 0 Å². The van der Waals surface area contributed by atoms with Crippen molar-refractivity contribution in [3.05, 3.63) is 65.5 Å². The zero-order valence-electron chi connectivity index (χ0n) is 10.6. The van der Waals surface area contributed by atoms with Crippen molar-refractivity contribution in [3.8, 4) is 0 Å². The van der Waals surface area contributed by atoms with Gasteiger partial charge < -0.3 is 0 Å². The molecule has 20 heavy (non-hydrogen) atoms. The molecule has 1 nitrogen and oxygen atoms in total. The number of para-hydroxylation sites is 1. The van der Waals surface area contributed by atoms with Crippen LogP contribution in [-0.2, 0) is 6.18 Å². The molecule has 104 valence electrons. The fourth-order valence-corrected chi connectivity index (χ4v) is 1.77. The smallest absolute Gasteiger partial charge is 0.253 e. The van der Waals surface area contributed by atoms with Gasteiger partial charge in [0.2, 0.25) is 0 Å². The third kappa shape index (κ3) is 3.23. The normalized spacial score (nSPS) is 12.6. The molecule has 0 amide bonds. The molecule has 0 N–H and O–H groups in total. The fourth-order valence-electron chi connectivity index (χ4n) is 1.77. The van der Waals surface area contributed by atoms with Gasteiger partial charge in [0.1, 0.15) is 5.82 Å². The molecule has 0 fully saturated rings. The van der Waals surface area contributed by atoms with E-state index in [1.54, 1.807) is 13.0 Å². The summed E-state index contributed by atoms with van der Waals surface area (Å²) in [6.07, 6.45) is -4.47. The minimum absolute atomic E-state index is 0.179. The quantitative estimate of drug-likeness (QED) is 0.543. The third-order valence-corrected chi connectivity index (χ3v) is 2.74. The van der Waals surface area contributed by atoms with E-state index in [1.807, 2.05) is 0 Å². The second-order valence-electron chi connectivity index (χ2n) is 4.22. The Balaban J connectivity index is 2.46. The SMILES string of the molecule is CC(=Nc1ccccc1C(F)(F)F)c1cccc(F)c1. The molecule has 0 heterocycles. The summed E-state index contributed by atoms with van der Waals surface area (Å²) in [5.41, 5.74) is -0.222. The summed E-state index contributed by atoms with van der Waals surface area (Å²) in [5.74, 6) is -0.457. The maximum absolute atomic E-state index is 13.1. The van der Waals surface area contributed by atoms with Crippen LogP contribution in [0.1, 0.15) is 18.1 Å². The Morgan fingerprint density at radius 3 is 2.35 bits per heavy atom. The molecule has 0 aliphatic carbocycles. The second kappa shape index (κ2) is 5.45. The zero-order valence-corrected chi connectivity index (χ0v) is 10.6. The minimum Gasteiger partial charge on any atom is -0.253 e. The number of aliphatic imine (C=N–C) groups is 1. The van der Waals surface area contributed by atoms with Crippen molar-refractivity contribution in [2.24, 2.45) is 4.99 Å². The van der Waals surface area contributed by atoms with Gasteiger partial charge in [-0.3, -0.25) is 4.99 Å². The van der Waals surface area contributed by atoms with Crippen molar-refractivity contribution in [1.29, 1.82) is 0 Å². The lowest BCUT2D eigenvalue weighted by Gasteiger charge is -2.10. The zero-order chi connectivity index (χ0) is 14.8. The molecule has 5 heteroatoms. The van der Waals surface area contributed by atoms with Crippen molar-refractivity contribution in [2.45, 2.75) is 13.1 Å². The van der Waals surface area contributed by atoms with Gasteiger partial charge in [-0.05, 0) is 36.8 Å². The lowest BCUT2D eigenvalue weighted by molar-refractivity contribution is -0.137.